The number of fused-ring (bicyclic) bond motifs is 1. The maximum absolute atomic E-state index is 6.10. The van der Waals surface area contributed by atoms with Gasteiger partial charge in [0.15, 0.2) is 0 Å². The van der Waals surface area contributed by atoms with Crippen molar-refractivity contribution in [1.29, 1.82) is 0 Å². The van der Waals surface area contributed by atoms with Crippen LogP contribution in [-0.2, 0) is 16.8 Å². The van der Waals surface area contributed by atoms with Crippen LogP contribution < -0.4 is 0 Å². The van der Waals surface area contributed by atoms with Crippen LogP contribution in [-0.4, -0.2) is 0 Å². The highest BCUT2D eigenvalue weighted by atomic mass is 16.5. The summed E-state index contributed by atoms with van der Waals surface area (Å²) in [5, 5.41) is 0. The van der Waals surface area contributed by atoms with Crippen LogP contribution in [0.4, 0.5) is 0 Å². The molecular formula is C16H20O. The van der Waals surface area contributed by atoms with Crippen molar-refractivity contribution >= 4 is 0 Å². The van der Waals surface area contributed by atoms with Crippen LogP contribution >= 0.6 is 0 Å². The molecule has 90 valence electrons. The summed E-state index contributed by atoms with van der Waals surface area (Å²) in [5.74, 6) is 1.15. The fraction of sp³-hybridized carbons (Fsp3) is 0.375. The van der Waals surface area contributed by atoms with Gasteiger partial charge in [-0.25, -0.2) is 0 Å². The molecule has 0 saturated heterocycles. The van der Waals surface area contributed by atoms with E-state index in [1.807, 2.05) is 6.92 Å². The third-order valence-electron chi connectivity index (χ3n) is 3.83. The maximum atomic E-state index is 6.10. The molecular weight excluding hydrogens is 208 g/mol. The Bertz CT molecular complexity index is 472. The summed E-state index contributed by atoms with van der Waals surface area (Å²) in [6.45, 7) is 14.1. The standard InChI is InChI=1S/C16H20O/c1-11(2)13(4)17-16(5)12(3)10-14-8-6-7-9-15(14)16/h6-9,12H,1,4,10H2,2-3,5H3. The third-order valence-corrected chi connectivity index (χ3v) is 3.83. The SMILES string of the molecule is C=C(C)C(=C)OC1(C)c2ccccc2CC1C. The highest BCUT2D eigenvalue weighted by Crippen LogP contribution is 2.45. The molecule has 0 spiro atoms. The smallest absolute Gasteiger partial charge is 0.134 e. The van der Waals surface area contributed by atoms with Gasteiger partial charge in [0.1, 0.15) is 11.4 Å². The first-order chi connectivity index (χ1) is 7.95. The van der Waals surface area contributed by atoms with Crippen LogP contribution in [0.3, 0.4) is 0 Å². The van der Waals surface area contributed by atoms with Gasteiger partial charge in [0.25, 0.3) is 0 Å². The van der Waals surface area contributed by atoms with Crippen molar-refractivity contribution in [2.24, 2.45) is 5.92 Å². The molecule has 2 rings (SSSR count). The Balaban J connectivity index is 2.37. The maximum Gasteiger partial charge on any atom is 0.134 e. The summed E-state index contributed by atoms with van der Waals surface area (Å²) in [6.07, 6.45) is 1.07. The minimum Gasteiger partial charge on any atom is -0.483 e. The Morgan fingerprint density at radius 3 is 2.65 bits per heavy atom. The predicted molar refractivity (Wildman–Crippen MR) is 71.7 cm³/mol. The Morgan fingerprint density at radius 1 is 1.35 bits per heavy atom. The van der Waals surface area contributed by atoms with E-state index in [9.17, 15) is 0 Å². The van der Waals surface area contributed by atoms with Crippen molar-refractivity contribution in [2.45, 2.75) is 32.8 Å². The molecule has 1 aliphatic carbocycles. The van der Waals surface area contributed by atoms with Gasteiger partial charge in [0, 0.05) is 5.92 Å². The predicted octanol–water partition coefficient (Wildman–Crippen LogP) is 4.20. The van der Waals surface area contributed by atoms with Crippen LogP contribution in [0.5, 0.6) is 0 Å². The molecule has 0 heterocycles. The summed E-state index contributed by atoms with van der Waals surface area (Å²) < 4.78 is 6.10. The lowest BCUT2D eigenvalue weighted by molar-refractivity contribution is -0.0162. The zero-order valence-electron chi connectivity index (χ0n) is 10.9. The molecule has 1 aliphatic rings. The minimum absolute atomic E-state index is 0.271. The number of hydrogen-bond acceptors (Lipinski definition) is 1. The van der Waals surface area contributed by atoms with E-state index in [2.05, 4.69) is 51.3 Å². The van der Waals surface area contributed by atoms with E-state index >= 15 is 0 Å². The summed E-state index contributed by atoms with van der Waals surface area (Å²) in [4.78, 5) is 0. The number of rotatable bonds is 3. The van der Waals surface area contributed by atoms with E-state index in [0.29, 0.717) is 11.7 Å². The molecule has 1 heteroatoms. The van der Waals surface area contributed by atoms with Gasteiger partial charge < -0.3 is 4.74 Å². The molecule has 0 fully saturated rings. The van der Waals surface area contributed by atoms with Crippen molar-refractivity contribution in [1.82, 2.24) is 0 Å². The van der Waals surface area contributed by atoms with Gasteiger partial charge in [0.2, 0.25) is 0 Å². The molecule has 0 amide bonds. The topological polar surface area (TPSA) is 9.23 Å². The summed E-state index contributed by atoms with van der Waals surface area (Å²) in [5.41, 5.74) is 3.29. The Hall–Kier alpha value is -1.50. The highest BCUT2D eigenvalue weighted by molar-refractivity contribution is 5.39. The molecule has 1 nitrogen and oxygen atoms in total. The van der Waals surface area contributed by atoms with Gasteiger partial charge in [-0.15, -0.1) is 0 Å². The molecule has 2 unspecified atom stereocenters. The average molecular weight is 228 g/mol. The van der Waals surface area contributed by atoms with Gasteiger partial charge in [-0.2, -0.15) is 0 Å². The lowest BCUT2D eigenvalue weighted by Crippen LogP contribution is -2.29. The molecule has 0 saturated carbocycles. The van der Waals surface area contributed by atoms with Gasteiger partial charge in [-0.3, -0.25) is 0 Å². The van der Waals surface area contributed by atoms with E-state index in [0.717, 1.165) is 12.0 Å². The second kappa shape index (κ2) is 4.06. The first-order valence-electron chi connectivity index (χ1n) is 6.07. The van der Waals surface area contributed by atoms with E-state index in [4.69, 9.17) is 4.74 Å². The number of ether oxygens (including phenoxy) is 1. The van der Waals surface area contributed by atoms with E-state index in [1.54, 1.807) is 0 Å². The van der Waals surface area contributed by atoms with Gasteiger partial charge in [0.05, 0.1) is 0 Å². The molecule has 0 aliphatic heterocycles. The van der Waals surface area contributed by atoms with Gasteiger partial charge in [-0.05, 0) is 37.0 Å². The molecule has 17 heavy (non-hydrogen) atoms. The van der Waals surface area contributed by atoms with Crippen LogP contribution in [0, 0.1) is 5.92 Å². The number of benzene rings is 1. The third kappa shape index (κ3) is 1.90. The van der Waals surface area contributed by atoms with Crippen molar-refractivity contribution in [3.05, 3.63) is 59.9 Å². The van der Waals surface area contributed by atoms with Crippen molar-refractivity contribution in [3.63, 3.8) is 0 Å². The Labute approximate surface area is 104 Å². The zero-order chi connectivity index (χ0) is 12.6. The lowest BCUT2D eigenvalue weighted by Gasteiger charge is -2.32. The summed E-state index contributed by atoms with van der Waals surface area (Å²) in [6, 6.07) is 8.50. The van der Waals surface area contributed by atoms with E-state index in [-0.39, 0.29) is 5.60 Å². The molecule has 0 aromatic heterocycles. The summed E-state index contributed by atoms with van der Waals surface area (Å²) >= 11 is 0. The molecule has 0 bridgehead atoms. The lowest BCUT2D eigenvalue weighted by atomic mass is 9.90. The van der Waals surface area contributed by atoms with Crippen molar-refractivity contribution in [3.8, 4) is 0 Å². The van der Waals surface area contributed by atoms with Crippen LogP contribution in [0.25, 0.3) is 0 Å². The van der Waals surface area contributed by atoms with Crippen molar-refractivity contribution in [2.75, 3.05) is 0 Å². The first-order valence-corrected chi connectivity index (χ1v) is 6.07. The van der Waals surface area contributed by atoms with Gasteiger partial charge >= 0.3 is 0 Å². The monoisotopic (exact) mass is 228 g/mol. The van der Waals surface area contributed by atoms with Gasteiger partial charge in [-0.1, -0.05) is 44.3 Å². The fourth-order valence-corrected chi connectivity index (χ4v) is 2.47. The minimum atomic E-state index is -0.271. The van der Waals surface area contributed by atoms with E-state index in [1.165, 1.54) is 11.1 Å². The van der Waals surface area contributed by atoms with Crippen LogP contribution in [0.1, 0.15) is 31.9 Å². The zero-order valence-corrected chi connectivity index (χ0v) is 10.9. The molecule has 0 radical (unpaired) electrons. The van der Waals surface area contributed by atoms with E-state index < -0.39 is 0 Å². The second-order valence-corrected chi connectivity index (χ2v) is 5.17. The number of hydrogen-bond donors (Lipinski definition) is 0. The Kier molecular flexibility index (Phi) is 2.86. The molecule has 1 aromatic carbocycles. The number of allylic oxidation sites excluding steroid dienone is 1. The fourth-order valence-electron chi connectivity index (χ4n) is 2.47. The highest BCUT2D eigenvalue weighted by Gasteiger charge is 2.42. The quantitative estimate of drug-likeness (QED) is 0.556. The summed E-state index contributed by atoms with van der Waals surface area (Å²) in [7, 11) is 0. The van der Waals surface area contributed by atoms with Crippen LogP contribution in [0.2, 0.25) is 0 Å². The largest absolute Gasteiger partial charge is 0.483 e. The molecule has 2 atom stereocenters. The molecule has 0 N–H and O–H groups in total. The second-order valence-electron chi connectivity index (χ2n) is 5.17. The Morgan fingerprint density at radius 2 is 2.00 bits per heavy atom. The first kappa shape index (κ1) is 12.0. The average Bonchev–Trinajstić information content (AvgIpc) is 2.52. The normalized spacial score (nSPS) is 26.4. The molecule has 1 aromatic rings. The van der Waals surface area contributed by atoms with Crippen molar-refractivity contribution < 1.29 is 4.74 Å². The van der Waals surface area contributed by atoms with Crippen LogP contribution in [0.15, 0.2) is 48.8 Å².